The van der Waals surface area contributed by atoms with E-state index in [0.29, 0.717) is 20.8 Å². The van der Waals surface area contributed by atoms with Crippen molar-refractivity contribution in [1.29, 1.82) is 0 Å². The Morgan fingerprint density at radius 2 is 2.19 bits per heavy atom. The molecule has 0 radical (unpaired) electrons. The number of thiophene rings is 1. The van der Waals surface area contributed by atoms with Crippen molar-refractivity contribution in [1.82, 2.24) is 10.2 Å². The van der Waals surface area contributed by atoms with Crippen molar-refractivity contribution in [3.63, 3.8) is 0 Å². The van der Waals surface area contributed by atoms with Gasteiger partial charge in [0.05, 0.1) is 5.02 Å². The number of carbonyl (C=O) groups excluding carboxylic acids is 1. The van der Waals surface area contributed by atoms with Gasteiger partial charge in [-0.15, -0.1) is 21.5 Å². The maximum atomic E-state index is 12.1. The molecule has 0 aliphatic rings. The highest BCUT2D eigenvalue weighted by Gasteiger charge is 2.19. The van der Waals surface area contributed by atoms with Crippen LogP contribution < -0.4 is 0 Å². The molecule has 0 aliphatic carbocycles. The van der Waals surface area contributed by atoms with Crippen LogP contribution in [-0.2, 0) is 11.3 Å². The lowest BCUT2D eigenvalue weighted by molar-refractivity contribution is 0.0443. The first kappa shape index (κ1) is 14.3. The number of carbonyl (C=O) groups is 1. The lowest BCUT2D eigenvalue weighted by Gasteiger charge is -1.99. The average molecular weight is 343 g/mol. The Labute approximate surface area is 133 Å². The van der Waals surface area contributed by atoms with Gasteiger partial charge in [0.25, 0.3) is 5.89 Å². The van der Waals surface area contributed by atoms with E-state index < -0.39 is 5.97 Å². The zero-order valence-electron chi connectivity index (χ0n) is 10.7. The lowest BCUT2D eigenvalue weighted by atomic mass is 10.2. The van der Waals surface area contributed by atoms with Gasteiger partial charge in [-0.3, -0.25) is 0 Å². The third-order valence-corrected chi connectivity index (χ3v) is 4.54. The largest absolute Gasteiger partial charge is 0.451 e. The van der Waals surface area contributed by atoms with E-state index in [4.69, 9.17) is 32.4 Å². The zero-order valence-corrected chi connectivity index (χ0v) is 13.1. The Bertz CT molecular complexity index is 828. The van der Waals surface area contributed by atoms with Gasteiger partial charge in [-0.25, -0.2) is 4.79 Å². The van der Waals surface area contributed by atoms with Gasteiger partial charge in [-0.05, 0) is 12.1 Å². The van der Waals surface area contributed by atoms with Crippen LogP contribution in [0.4, 0.5) is 0 Å². The molecule has 0 N–H and O–H groups in total. The molecule has 3 rings (SSSR count). The van der Waals surface area contributed by atoms with Gasteiger partial charge in [0.2, 0.25) is 5.89 Å². The van der Waals surface area contributed by atoms with E-state index in [2.05, 4.69) is 10.2 Å². The molecule has 0 atom stereocenters. The molecule has 1 aromatic carbocycles. The van der Waals surface area contributed by atoms with E-state index >= 15 is 0 Å². The molecule has 21 heavy (non-hydrogen) atoms. The second-order valence-electron chi connectivity index (χ2n) is 4.18. The number of benzene rings is 1. The molecule has 5 nitrogen and oxygen atoms in total. The molecule has 0 saturated carbocycles. The smallest absolute Gasteiger partial charge is 0.350 e. The Hall–Kier alpha value is -1.63. The van der Waals surface area contributed by atoms with E-state index in [1.165, 1.54) is 11.3 Å². The number of hydrogen-bond acceptors (Lipinski definition) is 6. The fraction of sp³-hybridized carbons (Fsp3) is 0.154. The van der Waals surface area contributed by atoms with Gasteiger partial charge < -0.3 is 9.15 Å². The summed E-state index contributed by atoms with van der Waals surface area (Å²) in [7, 11) is 0. The first-order valence-electron chi connectivity index (χ1n) is 5.88. The second kappa shape index (κ2) is 5.63. The normalized spacial score (nSPS) is 11.0. The van der Waals surface area contributed by atoms with Crippen LogP contribution in [-0.4, -0.2) is 16.2 Å². The van der Waals surface area contributed by atoms with Gasteiger partial charge in [-0.2, -0.15) is 0 Å². The van der Waals surface area contributed by atoms with Gasteiger partial charge in [0.1, 0.15) is 4.88 Å². The molecule has 108 valence electrons. The minimum Gasteiger partial charge on any atom is -0.451 e. The SMILES string of the molecule is Cc1nnc(COC(=O)c2sc3cc(Cl)ccc3c2Cl)o1. The van der Waals surface area contributed by atoms with Gasteiger partial charge in [0.15, 0.2) is 6.61 Å². The van der Waals surface area contributed by atoms with Crippen molar-refractivity contribution in [2.75, 3.05) is 0 Å². The van der Waals surface area contributed by atoms with Crippen molar-refractivity contribution < 1.29 is 13.9 Å². The molecule has 8 heteroatoms. The predicted octanol–water partition coefficient (Wildman–Crippen LogP) is 4.26. The van der Waals surface area contributed by atoms with E-state index in [1.807, 2.05) is 0 Å². The van der Waals surface area contributed by atoms with Crippen LogP contribution in [0.15, 0.2) is 22.6 Å². The summed E-state index contributed by atoms with van der Waals surface area (Å²) >= 11 is 13.4. The Kier molecular flexibility index (Phi) is 3.84. The predicted molar refractivity (Wildman–Crippen MR) is 80.0 cm³/mol. The number of aryl methyl sites for hydroxylation is 1. The number of aromatic nitrogens is 2. The molecule has 0 amide bonds. The van der Waals surface area contributed by atoms with Crippen molar-refractivity contribution in [2.45, 2.75) is 13.5 Å². The van der Waals surface area contributed by atoms with E-state index in [1.54, 1.807) is 25.1 Å². The van der Waals surface area contributed by atoms with Crippen molar-refractivity contribution in [3.05, 3.63) is 44.9 Å². The molecule has 0 spiro atoms. The van der Waals surface area contributed by atoms with Gasteiger partial charge in [-0.1, -0.05) is 29.3 Å². The number of hydrogen-bond donors (Lipinski definition) is 0. The first-order valence-corrected chi connectivity index (χ1v) is 7.45. The summed E-state index contributed by atoms with van der Waals surface area (Å²) in [6.07, 6.45) is 0. The quantitative estimate of drug-likeness (QED) is 0.665. The van der Waals surface area contributed by atoms with Crippen LogP contribution in [0.5, 0.6) is 0 Å². The molecular formula is C13H8Cl2N2O3S. The fourth-order valence-corrected chi connectivity index (χ4v) is 3.44. The first-order chi connectivity index (χ1) is 10.0. The summed E-state index contributed by atoms with van der Waals surface area (Å²) < 4.78 is 11.1. The molecule has 3 aromatic rings. The minimum absolute atomic E-state index is 0.0923. The van der Waals surface area contributed by atoms with Crippen molar-refractivity contribution in [2.24, 2.45) is 0 Å². The minimum atomic E-state index is -0.534. The van der Waals surface area contributed by atoms with Crippen LogP contribution in [0, 0.1) is 6.92 Å². The standard InChI is InChI=1S/C13H8Cl2N2O3S/c1-6-16-17-10(20-6)5-19-13(18)12-11(15)8-3-2-7(14)4-9(8)21-12/h2-4H,5H2,1H3. The number of rotatable bonds is 3. The van der Waals surface area contributed by atoms with Gasteiger partial charge in [0, 0.05) is 22.0 Å². The maximum Gasteiger partial charge on any atom is 0.350 e. The average Bonchev–Trinajstić information content (AvgIpc) is 3.00. The molecule has 0 aliphatic heterocycles. The van der Waals surface area contributed by atoms with Gasteiger partial charge >= 0.3 is 5.97 Å². The van der Waals surface area contributed by atoms with Crippen LogP contribution in [0.2, 0.25) is 10.0 Å². The summed E-state index contributed by atoms with van der Waals surface area (Å²) in [6, 6.07) is 5.25. The number of nitrogens with zero attached hydrogens (tertiary/aromatic N) is 2. The molecule has 2 aromatic heterocycles. The van der Waals surface area contributed by atoms with E-state index in [0.717, 1.165) is 10.1 Å². The zero-order chi connectivity index (χ0) is 15.0. The Morgan fingerprint density at radius 3 is 2.90 bits per heavy atom. The summed E-state index contributed by atoms with van der Waals surface area (Å²) in [6.45, 7) is 1.57. The Morgan fingerprint density at radius 1 is 1.38 bits per heavy atom. The van der Waals surface area contributed by atoms with Crippen LogP contribution >= 0.6 is 34.5 Å². The number of halogens is 2. The summed E-state index contributed by atoms with van der Waals surface area (Å²) in [5.74, 6) is 0.116. The molecular weight excluding hydrogens is 335 g/mol. The molecule has 0 unspecified atom stereocenters. The highest BCUT2D eigenvalue weighted by Crippen LogP contribution is 2.37. The molecule has 2 heterocycles. The van der Waals surface area contributed by atoms with E-state index in [-0.39, 0.29) is 12.5 Å². The monoisotopic (exact) mass is 342 g/mol. The Balaban J connectivity index is 1.82. The van der Waals surface area contributed by atoms with Crippen molar-refractivity contribution >= 4 is 50.6 Å². The summed E-state index contributed by atoms with van der Waals surface area (Å²) in [4.78, 5) is 12.4. The lowest BCUT2D eigenvalue weighted by Crippen LogP contribution is -2.04. The van der Waals surface area contributed by atoms with Crippen LogP contribution in [0.1, 0.15) is 21.5 Å². The number of esters is 1. The number of ether oxygens (including phenoxy) is 1. The second-order valence-corrected chi connectivity index (χ2v) is 6.04. The highest BCUT2D eigenvalue weighted by atomic mass is 35.5. The molecule has 0 saturated heterocycles. The summed E-state index contributed by atoms with van der Waals surface area (Å²) in [5, 5.41) is 9.12. The van der Waals surface area contributed by atoms with Crippen molar-refractivity contribution in [3.8, 4) is 0 Å². The van der Waals surface area contributed by atoms with E-state index in [9.17, 15) is 4.79 Å². The van der Waals surface area contributed by atoms with Crippen LogP contribution in [0.3, 0.4) is 0 Å². The fourth-order valence-electron chi connectivity index (χ4n) is 1.76. The number of fused-ring (bicyclic) bond motifs is 1. The molecule has 0 fully saturated rings. The topological polar surface area (TPSA) is 65.2 Å². The third-order valence-electron chi connectivity index (χ3n) is 2.67. The van der Waals surface area contributed by atoms with Crippen LogP contribution in [0.25, 0.3) is 10.1 Å². The summed E-state index contributed by atoms with van der Waals surface area (Å²) in [5.41, 5.74) is 0. The highest BCUT2D eigenvalue weighted by molar-refractivity contribution is 7.21. The third kappa shape index (κ3) is 2.88. The molecule has 0 bridgehead atoms. The maximum absolute atomic E-state index is 12.1.